The lowest BCUT2D eigenvalue weighted by molar-refractivity contribution is 0.0356. The largest absolute Gasteiger partial charge is 0.368 e. The fraction of sp³-hybridized carbons (Fsp3) is 0.483. The van der Waals surface area contributed by atoms with Gasteiger partial charge in [-0.15, -0.1) is 0 Å². The predicted octanol–water partition coefficient (Wildman–Crippen LogP) is 2.42. The number of rotatable bonds is 5. The highest BCUT2D eigenvalue weighted by atomic mass is 19.1. The first-order valence-corrected chi connectivity index (χ1v) is 13.5. The van der Waals surface area contributed by atoms with Gasteiger partial charge < -0.3 is 20.4 Å². The zero-order valence-corrected chi connectivity index (χ0v) is 21.8. The summed E-state index contributed by atoms with van der Waals surface area (Å²) in [5, 5.41) is 10.5. The van der Waals surface area contributed by atoms with E-state index in [1.807, 2.05) is 29.3 Å². The highest BCUT2D eigenvalue weighted by Gasteiger charge is 2.36. The first kappa shape index (κ1) is 23.8. The van der Waals surface area contributed by atoms with Crippen LogP contribution in [0.1, 0.15) is 19.4 Å². The number of aromatic nitrogens is 2. The molecule has 9 heteroatoms. The monoisotopic (exact) mass is 515 g/mol. The Kier molecular flexibility index (Phi) is 6.53. The van der Waals surface area contributed by atoms with E-state index in [2.05, 4.69) is 49.8 Å². The van der Waals surface area contributed by atoms with Crippen molar-refractivity contribution < 1.29 is 5.76 Å². The number of anilines is 2. The van der Waals surface area contributed by atoms with Gasteiger partial charge in [-0.1, -0.05) is 0 Å². The third-order valence-corrected chi connectivity index (χ3v) is 8.39. The van der Waals surface area contributed by atoms with E-state index in [0.29, 0.717) is 36.3 Å². The van der Waals surface area contributed by atoms with Crippen molar-refractivity contribution in [3.05, 3.63) is 59.9 Å². The maximum Gasteiger partial charge on any atom is 0.134 e. The number of nitriles is 1. The molecule has 0 spiro atoms. The number of hydrogen-bond acceptors (Lipinski definition) is 8. The van der Waals surface area contributed by atoms with E-state index in [0.717, 1.165) is 62.6 Å². The highest BCUT2D eigenvalue weighted by Crippen LogP contribution is 2.32. The Morgan fingerprint density at radius 1 is 1.11 bits per heavy atom. The van der Waals surface area contributed by atoms with E-state index < -0.39 is 12.2 Å². The standard InChI is InChI=1S/C29H35FN8/c1-20-15-36(27-5-4-22(14-31)29-24(27)3-2-8-34-29)17-23-16-35(11-12-38(20)23)10-7-21-6-9-33-28(13-21)37-18-25(30)26(32)19-37/h2-6,8-9,13,20,23,25-26H,7,10-12,15-19,32H2,1H3/t20-,23+,25+,26-/m1/s1/i8D. The molecule has 0 bridgehead atoms. The molecular weight excluding hydrogens is 479 g/mol. The van der Waals surface area contributed by atoms with Crippen LogP contribution < -0.4 is 15.5 Å². The van der Waals surface area contributed by atoms with E-state index in [4.69, 9.17) is 7.10 Å². The minimum atomic E-state index is -1.00. The van der Waals surface area contributed by atoms with Gasteiger partial charge in [0.15, 0.2) is 0 Å². The number of nitrogens with zero attached hydrogens (tertiary/aromatic N) is 7. The van der Waals surface area contributed by atoms with Crippen LogP contribution in [0.4, 0.5) is 15.9 Å². The summed E-state index contributed by atoms with van der Waals surface area (Å²) >= 11 is 0. The van der Waals surface area contributed by atoms with E-state index in [1.54, 1.807) is 6.07 Å². The molecule has 3 aliphatic rings. The van der Waals surface area contributed by atoms with Gasteiger partial charge in [0.05, 0.1) is 25.0 Å². The number of hydrogen-bond donors (Lipinski definition) is 1. The lowest BCUT2D eigenvalue weighted by atomic mass is 10.0. The van der Waals surface area contributed by atoms with Crippen molar-refractivity contribution in [3.8, 4) is 6.07 Å². The Bertz CT molecular complexity index is 1390. The van der Waals surface area contributed by atoms with E-state index in [1.165, 1.54) is 5.56 Å². The molecule has 3 fully saturated rings. The molecule has 0 aliphatic carbocycles. The molecule has 198 valence electrons. The van der Waals surface area contributed by atoms with Crippen LogP contribution in [-0.4, -0.2) is 96.4 Å². The normalized spacial score (nSPS) is 26.8. The van der Waals surface area contributed by atoms with Gasteiger partial charge in [0.1, 0.15) is 18.1 Å². The fourth-order valence-corrected chi connectivity index (χ4v) is 6.35. The van der Waals surface area contributed by atoms with Crippen molar-refractivity contribution in [2.45, 2.75) is 37.6 Å². The predicted molar refractivity (Wildman–Crippen MR) is 148 cm³/mol. The Hall–Kier alpha value is -3.32. The van der Waals surface area contributed by atoms with Gasteiger partial charge in [-0.25, -0.2) is 9.37 Å². The van der Waals surface area contributed by atoms with Crippen molar-refractivity contribution in [2.24, 2.45) is 5.73 Å². The second kappa shape index (κ2) is 10.4. The quantitative estimate of drug-likeness (QED) is 0.554. The number of fused-ring (bicyclic) bond motifs is 2. The van der Waals surface area contributed by atoms with Crippen LogP contribution in [0.2, 0.25) is 0 Å². The molecule has 2 aromatic heterocycles. The molecule has 2 N–H and O–H groups in total. The van der Waals surface area contributed by atoms with Crippen LogP contribution in [0.25, 0.3) is 10.9 Å². The molecule has 8 nitrogen and oxygen atoms in total. The molecule has 5 heterocycles. The molecule has 4 atom stereocenters. The number of nitrogens with two attached hydrogens (primary N) is 1. The Morgan fingerprint density at radius 2 is 2.00 bits per heavy atom. The van der Waals surface area contributed by atoms with E-state index in [9.17, 15) is 9.65 Å². The SMILES string of the molecule is [2H]c1ccc2c(N3C[C@@H]4CN(CCc5ccnc(N6C[C@@H](N)[C@@H](F)C6)c5)CCN4[C@H](C)C3)ccc(C#N)c2n1. The van der Waals surface area contributed by atoms with Gasteiger partial charge in [-0.2, -0.15) is 5.26 Å². The van der Waals surface area contributed by atoms with Gasteiger partial charge in [0.2, 0.25) is 0 Å². The third kappa shape index (κ3) is 4.80. The first-order chi connectivity index (χ1) is 18.9. The number of alkyl halides is 1. The van der Waals surface area contributed by atoms with Crippen molar-refractivity contribution in [1.82, 2.24) is 19.8 Å². The first-order valence-electron chi connectivity index (χ1n) is 14.0. The maximum atomic E-state index is 13.9. The van der Waals surface area contributed by atoms with Crippen molar-refractivity contribution in [1.29, 1.82) is 5.26 Å². The van der Waals surface area contributed by atoms with Gasteiger partial charge in [-0.05, 0) is 55.3 Å². The van der Waals surface area contributed by atoms with Crippen LogP contribution in [0.3, 0.4) is 0 Å². The molecule has 3 aliphatic heterocycles. The summed E-state index contributed by atoms with van der Waals surface area (Å²) in [6, 6.07) is 14.2. The number of benzene rings is 1. The van der Waals surface area contributed by atoms with Gasteiger partial charge >= 0.3 is 0 Å². The topological polar surface area (TPSA) is 88.5 Å². The van der Waals surface area contributed by atoms with Crippen molar-refractivity contribution in [2.75, 3.05) is 62.2 Å². The molecule has 3 saturated heterocycles. The Balaban J connectivity index is 1.13. The van der Waals surface area contributed by atoms with Crippen molar-refractivity contribution >= 4 is 22.4 Å². The Labute approximate surface area is 224 Å². The summed E-state index contributed by atoms with van der Waals surface area (Å²) in [6.45, 7) is 8.97. The number of piperazine rings is 2. The number of halogens is 1. The summed E-state index contributed by atoms with van der Waals surface area (Å²) in [7, 11) is 0. The van der Waals surface area contributed by atoms with E-state index >= 15 is 0 Å². The second-order valence-electron chi connectivity index (χ2n) is 10.9. The third-order valence-electron chi connectivity index (χ3n) is 8.39. The zero-order chi connectivity index (χ0) is 27.1. The molecule has 3 aromatic rings. The van der Waals surface area contributed by atoms with Gasteiger partial charge in [-0.3, -0.25) is 9.88 Å². The summed E-state index contributed by atoms with van der Waals surface area (Å²) in [4.78, 5) is 18.4. The smallest absolute Gasteiger partial charge is 0.134 e. The van der Waals surface area contributed by atoms with Gasteiger partial charge in [0.25, 0.3) is 0 Å². The van der Waals surface area contributed by atoms with Crippen LogP contribution in [0.15, 0.2) is 48.8 Å². The van der Waals surface area contributed by atoms with Crippen molar-refractivity contribution in [3.63, 3.8) is 0 Å². The van der Waals surface area contributed by atoms with Crippen LogP contribution in [-0.2, 0) is 6.42 Å². The minimum absolute atomic E-state index is 0.175. The summed E-state index contributed by atoms with van der Waals surface area (Å²) in [5.74, 6) is 0.811. The molecule has 0 unspecified atom stereocenters. The lowest BCUT2D eigenvalue weighted by Gasteiger charge is -2.51. The van der Waals surface area contributed by atoms with Crippen LogP contribution >= 0.6 is 0 Å². The van der Waals surface area contributed by atoms with E-state index in [-0.39, 0.29) is 6.17 Å². The molecule has 0 saturated carbocycles. The second-order valence-corrected chi connectivity index (χ2v) is 10.9. The molecule has 0 amide bonds. The van der Waals surface area contributed by atoms with Crippen LogP contribution in [0, 0.1) is 11.3 Å². The minimum Gasteiger partial charge on any atom is -0.368 e. The molecule has 1 aromatic carbocycles. The average molecular weight is 516 g/mol. The average Bonchev–Trinajstić information content (AvgIpc) is 3.29. The highest BCUT2D eigenvalue weighted by molar-refractivity contribution is 5.95. The molecule has 6 rings (SSSR count). The zero-order valence-electron chi connectivity index (χ0n) is 22.8. The molecule has 38 heavy (non-hydrogen) atoms. The summed E-state index contributed by atoms with van der Waals surface area (Å²) in [6.07, 6.45) is 1.91. The maximum absolute atomic E-state index is 13.9. The Morgan fingerprint density at radius 3 is 2.82 bits per heavy atom. The molecular formula is C29H35FN8. The van der Waals surface area contributed by atoms with Gasteiger partial charge in [0, 0.05) is 81.3 Å². The summed E-state index contributed by atoms with van der Waals surface area (Å²) < 4.78 is 21.9. The summed E-state index contributed by atoms with van der Waals surface area (Å²) in [5.41, 5.74) is 9.29. The van der Waals surface area contributed by atoms with Crippen LogP contribution in [0.5, 0.6) is 0 Å². The fourth-order valence-electron chi connectivity index (χ4n) is 6.35. The lowest BCUT2D eigenvalue weighted by Crippen LogP contribution is -2.65. The number of pyridine rings is 2. The molecule has 0 radical (unpaired) electrons.